The van der Waals surface area contributed by atoms with E-state index >= 15 is 0 Å². The summed E-state index contributed by atoms with van der Waals surface area (Å²) in [6.07, 6.45) is -0.194. The van der Waals surface area contributed by atoms with Crippen LogP contribution in [0.1, 0.15) is 29.7 Å². The van der Waals surface area contributed by atoms with Crippen molar-refractivity contribution in [3.05, 3.63) is 35.4 Å². The number of hydrogen-bond donors (Lipinski definition) is 1. The molecular weight excluding hydrogens is 529 g/mol. The Morgan fingerprint density at radius 3 is 2.64 bits per heavy atom. The van der Waals surface area contributed by atoms with Gasteiger partial charge in [0, 0.05) is 63.3 Å². The van der Waals surface area contributed by atoms with E-state index in [0.29, 0.717) is 27.8 Å². The van der Waals surface area contributed by atoms with Crippen LogP contribution in [0.2, 0.25) is 0 Å². The van der Waals surface area contributed by atoms with Gasteiger partial charge in [-0.05, 0) is 44.2 Å². The monoisotopic (exact) mass is 560 g/mol. The molecule has 0 bridgehead atoms. The highest BCUT2D eigenvalue weighted by Crippen LogP contribution is 2.40. The van der Waals surface area contributed by atoms with E-state index in [1.165, 1.54) is 17.7 Å². The number of H-pyrrole nitrogens is 1. The highest BCUT2D eigenvalue weighted by atomic mass is 32.1. The number of thiazole rings is 1. The van der Waals surface area contributed by atoms with Crippen molar-refractivity contribution in [2.24, 2.45) is 5.92 Å². The van der Waals surface area contributed by atoms with E-state index in [1.807, 2.05) is 13.8 Å². The van der Waals surface area contributed by atoms with Crippen LogP contribution in [0.15, 0.2) is 18.6 Å². The Bertz CT molecular complexity index is 1450. The zero-order valence-electron chi connectivity index (χ0n) is 22.0. The molecule has 2 aliphatic rings. The van der Waals surface area contributed by atoms with E-state index in [4.69, 9.17) is 9.72 Å². The van der Waals surface area contributed by atoms with Crippen LogP contribution < -0.4 is 4.90 Å². The number of rotatable bonds is 6. The molecule has 208 valence electrons. The summed E-state index contributed by atoms with van der Waals surface area (Å²) in [5.41, 5.74) is 3.47. The van der Waals surface area contributed by atoms with Gasteiger partial charge in [-0.25, -0.2) is 14.5 Å². The Hall–Kier alpha value is -3.03. The smallest absolute Gasteiger partial charge is 0.381 e. The number of hydrogen-bond acceptors (Lipinski definition) is 8. The minimum absolute atomic E-state index is 0.0861. The molecule has 39 heavy (non-hydrogen) atoms. The van der Waals surface area contributed by atoms with Crippen molar-refractivity contribution in [3.8, 4) is 22.0 Å². The summed E-state index contributed by atoms with van der Waals surface area (Å²) in [5, 5.41) is 12.9. The van der Waals surface area contributed by atoms with E-state index in [1.54, 1.807) is 16.8 Å². The molecular formula is C26H31F3N8OS. The maximum absolute atomic E-state index is 13.8. The molecule has 4 aromatic heterocycles. The van der Waals surface area contributed by atoms with Crippen molar-refractivity contribution >= 4 is 22.0 Å². The second kappa shape index (κ2) is 10.5. The van der Waals surface area contributed by atoms with E-state index in [2.05, 4.69) is 30.1 Å². The second-order valence-corrected chi connectivity index (χ2v) is 11.4. The van der Waals surface area contributed by atoms with Gasteiger partial charge in [0.25, 0.3) is 0 Å². The van der Waals surface area contributed by atoms with Crippen LogP contribution in [0.3, 0.4) is 0 Å². The van der Waals surface area contributed by atoms with Crippen molar-refractivity contribution in [2.45, 2.75) is 39.3 Å². The lowest BCUT2D eigenvalue weighted by Crippen LogP contribution is -2.48. The molecule has 13 heteroatoms. The Kier molecular flexibility index (Phi) is 7.06. The van der Waals surface area contributed by atoms with Crippen molar-refractivity contribution in [1.29, 1.82) is 0 Å². The number of ether oxygens (including phenoxy) is 1. The molecule has 0 aliphatic carbocycles. The number of aromatic amines is 1. The van der Waals surface area contributed by atoms with Gasteiger partial charge in [0.1, 0.15) is 16.3 Å². The van der Waals surface area contributed by atoms with Gasteiger partial charge in [-0.1, -0.05) is 11.3 Å². The van der Waals surface area contributed by atoms with Crippen LogP contribution in [0.4, 0.5) is 18.2 Å². The summed E-state index contributed by atoms with van der Waals surface area (Å²) >= 11 is 1.43. The van der Waals surface area contributed by atoms with E-state index in [-0.39, 0.29) is 11.3 Å². The minimum atomic E-state index is -4.41. The lowest BCUT2D eigenvalue weighted by atomic mass is 9.99. The summed E-state index contributed by atoms with van der Waals surface area (Å²) in [4.78, 5) is 13.7. The molecule has 6 heterocycles. The highest BCUT2D eigenvalue weighted by molar-refractivity contribution is 7.19. The normalized spacial score (nSPS) is 17.9. The van der Waals surface area contributed by atoms with Crippen LogP contribution in [0, 0.1) is 19.8 Å². The summed E-state index contributed by atoms with van der Waals surface area (Å²) in [5.74, 6) is 0.692. The van der Waals surface area contributed by atoms with Crippen LogP contribution >= 0.6 is 11.3 Å². The molecule has 0 unspecified atom stereocenters. The fourth-order valence-electron chi connectivity index (χ4n) is 5.59. The molecule has 0 amide bonds. The van der Waals surface area contributed by atoms with Gasteiger partial charge in [0.2, 0.25) is 0 Å². The van der Waals surface area contributed by atoms with Crippen molar-refractivity contribution in [2.75, 3.05) is 50.8 Å². The van der Waals surface area contributed by atoms with Crippen LogP contribution in [-0.2, 0) is 11.2 Å². The number of fused-ring (bicyclic) bond motifs is 1. The third-order valence-electron chi connectivity index (χ3n) is 7.58. The number of aryl methyl sites for hydroxylation is 2. The van der Waals surface area contributed by atoms with Crippen LogP contribution in [0.25, 0.3) is 27.6 Å². The van der Waals surface area contributed by atoms with Crippen molar-refractivity contribution < 1.29 is 17.9 Å². The number of nitrogens with zero attached hydrogens (tertiary/aromatic N) is 7. The molecule has 2 saturated heterocycles. The Morgan fingerprint density at radius 2 is 1.90 bits per heavy atom. The third kappa shape index (κ3) is 5.52. The summed E-state index contributed by atoms with van der Waals surface area (Å²) in [6.45, 7) is 10.2. The SMILES string of the molecule is Cc1nc(-c2[nH]nc(-c3cc(C)c4ncnn4c3)c2CC(F)(F)F)sc1N1CCN(CC2CCOCC2)CC1. The van der Waals surface area contributed by atoms with Gasteiger partial charge in [0.05, 0.1) is 23.5 Å². The zero-order chi connectivity index (χ0) is 27.1. The lowest BCUT2D eigenvalue weighted by molar-refractivity contribution is -0.127. The molecule has 9 nitrogen and oxygen atoms in total. The first-order valence-corrected chi connectivity index (χ1v) is 14.0. The average Bonchev–Trinajstić information content (AvgIpc) is 3.63. The maximum Gasteiger partial charge on any atom is 0.393 e. The molecule has 1 N–H and O–H groups in total. The molecule has 2 aliphatic heterocycles. The summed E-state index contributed by atoms with van der Waals surface area (Å²) < 4.78 is 48.3. The first kappa shape index (κ1) is 26.2. The highest BCUT2D eigenvalue weighted by Gasteiger charge is 2.34. The van der Waals surface area contributed by atoms with Crippen LogP contribution in [-0.4, -0.2) is 86.8 Å². The van der Waals surface area contributed by atoms with E-state index < -0.39 is 12.6 Å². The van der Waals surface area contributed by atoms with Crippen molar-refractivity contribution in [1.82, 2.24) is 34.7 Å². The summed E-state index contributed by atoms with van der Waals surface area (Å²) in [6, 6.07) is 1.79. The predicted octanol–water partition coefficient (Wildman–Crippen LogP) is 4.51. The molecule has 0 radical (unpaired) electrons. The first-order valence-electron chi connectivity index (χ1n) is 13.2. The Labute approximate surface area is 228 Å². The number of aromatic nitrogens is 6. The zero-order valence-corrected chi connectivity index (χ0v) is 22.8. The Morgan fingerprint density at radius 1 is 1.13 bits per heavy atom. The number of piperazine rings is 1. The second-order valence-electron chi connectivity index (χ2n) is 10.4. The fraction of sp³-hybridized carbons (Fsp3) is 0.538. The quantitative estimate of drug-likeness (QED) is 0.371. The standard InChI is InChI=1S/C26H31F3N8OS/c1-16-11-19(14-37-23(16)30-15-31-37)21-20(12-26(27,28)29)22(34-33-21)24-32-17(2)25(39-24)36-7-5-35(6-8-36)13-18-3-9-38-10-4-18/h11,14-15,18H,3-10,12-13H2,1-2H3,(H,33,34). The van der Waals surface area contributed by atoms with E-state index in [0.717, 1.165) is 75.0 Å². The largest absolute Gasteiger partial charge is 0.393 e. The molecule has 0 spiro atoms. The predicted molar refractivity (Wildman–Crippen MR) is 143 cm³/mol. The van der Waals surface area contributed by atoms with Gasteiger partial charge in [0.15, 0.2) is 5.65 Å². The average molecular weight is 561 g/mol. The van der Waals surface area contributed by atoms with Gasteiger partial charge in [-0.15, -0.1) is 0 Å². The van der Waals surface area contributed by atoms with Gasteiger partial charge in [-0.3, -0.25) is 10.00 Å². The lowest BCUT2D eigenvalue weighted by Gasteiger charge is -2.37. The molecule has 0 saturated carbocycles. The van der Waals surface area contributed by atoms with E-state index in [9.17, 15) is 13.2 Å². The van der Waals surface area contributed by atoms with Crippen molar-refractivity contribution in [3.63, 3.8) is 0 Å². The molecule has 0 atom stereocenters. The van der Waals surface area contributed by atoms with Crippen LogP contribution in [0.5, 0.6) is 0 Å². The van der Waals surface area contributed by atoms with Gasteiger partial charge in [-0.2, -0.15) is 23.4 Å². The molecule has 4 aromatic rings. The fourth-order valence-corrected chi connectivity index (χ4v) is 6.73. The number of anilines is 1. The number of alkyl halides is 3. The van der Waals surface area contributed by atoms with Gasteiger partial charge < -0.3 is 9.64 Å². The number of pyridine rings is 1. The Balaban J connectivity index is 1.26. The molecule has 2 fully saturated rings. The number of nitrogens with one attached hydrogen (secondary N) is 1. The summed E-state index contributed by atoms with van der Waals surface area (Å²) in [7, 11) is 0. The maximum atomic E-state index is 13.8. The molecule has 0 aromatic carbocycles. The number of halogens is 3. The van der Waals surface area contributed by atoms with Gasteiger partial charge >= 0.3 is 6.18 Å². The first-order chi connectivity index (χ1) is 18.7. The third-order valence-corrected chi connectivity index (χ3v) is 8.82. The topological polar surface area (TPSA) is 87.5 Å². The molecule has 6 rings (SSSR count). The minimum Gasteiger partial charge on any atom is -0.381 e.